The van der Waals surface area contributed by atoms with Gasteiger partial charge in [-0.05, 0) is 42.5 Å². The lowest BCUT2D eigenvalue weighted by Crippen LogP contribution is -2.06. The number of aliphatic hydroxyl groups excluding tert-OH is 2. The van der Waals surface area contributed by atoms with Crippen LogP contribution in [0.1, 0.15) is 65.7 Å². The highest BCUT2D eigenvalue weighted by atomic mass is 16.7. The number of Topliss-reactive ketones (excluding diaryl/α,β-unsaturated/α-hetero) is 1. The van der Waals surface area contributed by atoms with E-state index >= 15 is 0 Å². The zero-order chi connectivity index (χ0) is 20.4. The molecule has 1 aromatic heterocycles. The van der Waals surface area contributed by atoms with Gasteiger partial charge in [0.25, 0.3) is 0 Å². The molecule has 1 unspecified atom stereocenters. The second-order valence-electron chi connectivity index (χ2n) is 8.45. The summed E-state index contributed by atoms with van der Waals surface area (Å²) in [5, 5.41) is 21.7. The quantitative estimate of drug-likeness (QED) is 0.641. The van der Waals surface area contributed by atoms with Gasteiger partial charge in [0.2, 0.25) is 6.79 Å². The Hall–Kier alpha value is -2.83. The molecule has 6 rings (SSSR count). The van der Waals surface area contributed by atoms with Crippen molar-refractivity contribution in [3.8, 4) is 22.8 Å². The molecular weight excluding hydrogens is 382 g/mol. The Morgan fingerprint density at radius 1 is 1.07 bits per heavy atom. The lowest BCUT2D eigenvalue weighted by Gasteiger charge is -2.23. The maximum atomic E-state index is 12.1. The highest BCUT2D eigenvalue weighted by molar-refractivity contribution is 6.03. The van der Waals surface area contributed by atoms with E-state index in [0.717, 1.165) is 40.6 Å². The number of aromatic nitrogens is 1. The summed E-state index contributed by atoms with van der Waals surface area (Å²) in [5.41, 5.74) is 5.33. The van der Waals surface area contributed by atoms with E-state index in [2.05, 4.69) is 0 Å². The molecule has 2 aliphatic heterocycles. The first kappa shape index (κ1) is 18.0. The van der Waals surface area contributed by atoms with Gasteiger partial charge in [-0.25, -0.2) is 0 Å². The molecule has 2 aromatic carbocycles. The molecule has 6 heteroatoms. The largest absolute Gasteiger partial charge is 0.454 e. The zero-order valence-electron chi connectivity index (χ0n) is 16.6. The van der Waals surface area contributed by atoms with E-state index in [0.29, 0.717) is 23.0 Å². The Labute approximate surface area is 173 Å². The summed E-state index contributed by atoms with van der Waals surface area (Å²) >= 11 is 0. The average Bonchev–Trinajstić information content (AvgIpc) is 3.45. The number of ether oxygens (including phenoxy) is 2. The molecule has 1 atom stereocenters. The average molecular weight is 405 g/mol. The van der Waals surface area contributed by atoms with Crippen molar-refractivity contribution >= 4 is 16.7 Å². The number of carbonyl (C=O) groups excluding carboxylic acids is 1. The highest BCUT2D eigenvalue weighted by Crippen LogP contribution is 2.53. The maximum absolute atomic E-state index is 12.1. The van der Waals surface area contributed by atoms with E-state index in [1.807, 2.05) is 22.8 Å². The van der Waals surface area contributed by atoms with Gasteiger partial charge in [0.05, 0.1) is 11.2 Å². The molecule has 0 bridgehead atoms. The topological polar surface area (TPSA) is 80.9 Å². The molecule has 1 fully saturated rings. The molecule has 3 aliphatic rings. The molecule has 2 N–H and O–H groups in total. The number of ketones is 1. The first-order chi connectivity index (χ1) is 14.7. The molecule has 3 aromatic rings. The van der Waals surface area contributed by atoms with Crippen LogP contribution < -0.4 is 9.47 Å². The summed E-state index contributed by atoms with van der Waals surface area (Å²) in [6.07, 6.45) is 5.06. The fourth-order valence-electron chi connectivity index (χ4n) is 5.45. The number of benzene rings is 2. The number of hydrogen-bond acceptors (Lipinski definition) is 5. The van der Waals surface area contributed by atoms with Gasteiger partial charge in [0.15, 0.2) is 23.5 Å². The highest BCUT2D eigenvalue weighted by Gasteiger charge is 2.37. The van der Waals surface area contributed by atoms with Crippen LogP contribution in [0.2, 0.25) is 0 Å². The minimum Gasteiger partial charge on any atom is -0.454 e. The Kier molecular flexibility index (Phi) is 3.95. The Morgan fingerprint density at radius 2 is 1.83 bits per heavy atom. The van der Waals surface area contributed by atoms with Crippen molar-refractivity contribution < 1.29 is 24.5 Å². The van der Waals surface area contributed by atoms with E-state index in [1.54, 1.807) is 12.1 Å². The standard InChI is InChI=1S/C24H23NO5/c26-11-19(27)14-6-7-15-18(8-14)25-23(22(15)13-4-2-1-3-5-13)16-9-20-21(30-12-29-20)10-17(16)24(25)28/h6-10,13,24,26,28H,1-5,11-12H2. The van der Waals surface area contributed by atoms with Crippen molar-refractivity contribution in [1.82, 2.24) is 4.57 Å². The van der Waals surface area contributed by atoms with Gasteiger partial charge in [-0.2, -0.15) is 0 Å². The molecule has 1 saturated carbocycles. The summed E-state index contributed by atoms with van der Waals surface area (Å²) in [4.78, 5) is 12.1. The van der Waals surface area contributed by atoms with Crippen molar-refractivity contribution in [2.24, 2.45) is 0 Å². The maximum Gasteiger partial charge on any atom is 0.231 e. The molecule has 0 saturated heterocycles. The lowest BCUT2D eigenvalue weighted by molar-refractivity contribution is 0.0903. The van der Waals surface area contributed by atoms with Crippen LogP contribution in [0.3, 0.4) is 0 Å². The van der Waals surface area contributed by atoms with Gasteiger partial charge in [0.1, 0.15) is 6.61 Å². The smallest absolute Gasteiger partial charge is 0.231 e. The van der Waals surface area contributed by atoms with Crippen LogP contribution in [0.4, 0.5) is 0 Å². The van der Waals surface area contributed by atoms with Gasteiger partial charge in [-0.15, -0.1) is 0 Å². The van der Waals surface area contributed by atoms with Gasteiger partial charge in [-0.1, -0.05) is 31.4 Å². The van der Waals surface area contributed by atoms with Gasteiger partial charge < -0.3 is 24.3 Å². The molecule has 0 amide bonds. The number of fused-ring (bicyclic) bond motifs is 6. The third kappa shape index (κ3) is 2.41. The summed E-state index contributed by atoms with van der Waals surface area (Å²) in [6, 6.07) is 9.42. The third-order valence-electron chi connectivity index (χ3n) is 6.85. The van der Waals surface area contributed by atoms with E-state index in [1.165, 1.54) is 24.8 Å². The predicted octanol–water partition coefficient (Wildman–Crippen LogP) is 4.11. The van der Waals surface area contributed by atoms with Crippen LogP contribution in [0.25, 0.3) is 22.2 Å². The predicted molar refractivity (Wildman–Crippen MR) is 111 cm³/mol. The van der Waals surface area contributed by atoms with E-state index < -0.39 is 12.8 Å². The number of rotatable bonds is 3. The summed E-state index contributed by atoms with van der Waals surface area (Å²) in [6.45, 7) is -0.335. The minimum absolute atomic E-state index is 0.194. The second-order valence-corrected chi connectivity index (χ2v) is 8.45. The summed E-state index contributed by atoms with van der Waals surface area (Å²) in [5.74, 6) is 1.45. The van der Waals surface area contributed by atoms with Crippen molar-refractivity contribution in [3.05, 3.63) is 47.0 Å². The van der Waals surface area contributed by atoms with Gasteiger partial charge >= 0.3 is 0 Å². The normalized spacial score (nSPS) is 19.9. The molecule has 0 spiro atoms. The van der Waals surface area contributed by atoms with Crippen molar-refractivity contribution in [1.29, 1.82) is 0 Å². The van der Waals surface area contributed by atoms with Gasteiger partial charge in [0, 0.05) is 22.1 Å². The number of nitrogens with zero attached hydrogens (tertiary/aromatic N) is 1. The molecule has 3 heterocycles. The Balaban J connectivity index is 1.64. The van der Waals surface area contributed by atoms with Crippen molar-refractivity contribution in [2.75, 3.05) is 13.4 Å². The second kappa shape index (κ2) is 6.59. The number of carbonyl (C=O) groups is 1. The summed E-state index contributed by atoms with van der Waals surface area (Å²) in [7, 11) is 0. The summed E-state index contributed by atoms with van der Waals surface area (Å²) < 4.78 is 13.1. The van der Waals surface area contributed by atoms with Crippen LogP contribution in [-0.2, 0) is 0 Å². The fraction of sp³-hybridized carbons (Fsp3) is 0.375. The van der Waals surface area contributed by atoms with Crippen molar-refractivity contribution in [3.63, 3.8) is 0 Å². The number of aliphatic hydroxyl groups is 2. The van der Waals surface area contributed by atoms with Gasteiger partial charge in [-0.3, -0.25) is 4.79 Å². The van der Waals surface area contributed by atoms with Crippen LogP contribution in [0.5, 0.6) is 11.5 Å². The van der Waals surface area contributed by atoms with E-state index in [-0.39, 0.29) is 12.6 Å². The van der Waals surface area contributed by atoms with Crippen LogP contribution in [0, 0.1) is 0 Å². The molecule has 0 radical (unpaired) electrons. The third-order valence-corrected chi connectivity index (χ3v) is 6.85. The van der Waals surface area contributed by atoms with Crippen molar-refractivity contribution in [2.45, 2.75) is 44.2 Å². The van der Waals surface area contributed by atoms with Crippen LogP contribution >= 0.6 is 0 Å². The zero-order valence-corrected chi connectivity index (χ0v) is 16.6. The fourth-order valence-corrected chi connectivity index (χ4v) is 5.45. The Bertz CT molecular complexity index is 1190. The van der Waals surface area contributed by atoms with E-state index in [4.69, 9.17) is 9.47 Å². The van der Waals surface area contributed by atoms with Crippen LogP contribution in [0.15, 0.2) is 30.3 Å². The molecular formula is C24H23NO5. The molecule has 1 aliphatic carbocycles. The molecule has 6 nitrogen and oxygen atoms in total. The SMILES string of the molecule is O=C(CO)c1ccc2c(C3CCCCC3)c3n(c2c1)C(O)c1cc2c(cc1-3)OCO2. The lowest BCUT2D eigenvalue weighted by atomic mass is 9.81. The molecule has 154 valence electrons. The first-order valence-electron chi connectivity index (χ1n) is 10.6. The Morgan fingerprint density at radius 3 is 2.60 bits per heavy atom. The van der Waals surface area contributed by atoms with E-state index in [9.17, 15) is 15.0 Å². The minimum atomic E-state index is -0.858. The number of hydrogen-bond donors (Lipinski definition) is 2. The van der Waals surface area contributed by atoms with Crippen LogP contribution in [-0.4, -0.2) is 34.0 Å². The monoisotopic (exact) mass is 405 g/mol. The first-order valence-corrected chi connectivity index (χ1v) is 10.6. The molecule has 30 heavy (non-hydrogen) atoms.